The fourth-order valence-electron chi connectivity index (χ4n) is 3.41. The number of rotatable bonds is 0. The zero-order valence-corrected chi connectivity index (χ0v) is 19.8. The summed E-state index contributed by atoms with van der Waals surface area (Å²) in [5.41, 5.74) is -1.82. The number of amides is 1. The van der Waals surface area contributed by atoms with Gasteiger partial charge in [0, 0.05) is 13.1 Å². The number of carbonyl (C=O) groups excluding carboxylic acids is 1. The third kappa shape index (κ3) is 7.19. The van der Waals surface area contributed by atoms with Gasteiger partial charge < -0.3 is 24.8 Å². The second-order valence-electron chi connectivity index (χ2n) is 9.34. The van der Waals surface area contributed by atoms with Crippen LogP contribution < -0.4 is 10.1 Å². The number of benzene rings is 2. The molecule has 2 aliphatic rings. The highest BCUT2D eigenvalue weighted by Gasteiger charge is 2.34. The van der Waals surface area contributed by atoms with Crippen LogP contribution in [0.3, 0.4) is 0 Å². The third-order valence-electron chi connectivity index (χ3n) is 5.22. The predicted octanol–water partition coefficient (Wildman–Crippen LogP) is 6.95. The summed E-state index contributed by atoms with van der Waals surface area (Å²) in [6.07, 6.45) is -8.35. The summed E-state index contributed by atoms with van der Waals surface area (Å²) >= 11 is 0. The normalized spacial score (nSPS) is 16.0. The summed E-state index contributed by atoms with van der Waals surface area (Å²) in [7, 11) is 0. The molecule has 4 rings (SSSR count). The van der Waals surface area contributed by atoms with Gasteiger partial charge in [-0.25, -0.2) is 4.79 Å². The number of hydrogen-bond donors (Lipinski definition) is 2. The lowest BCUT2D eigenvalue weighted by atomic mass is 10.1. The summed E-state index contributed by atoms with van der Waals surface area (Å²) < 4.78 is 86.3. The Hall–Kier alpha value is -3.15. The number of halogens is 6. The second kappa shape index (κ2) is 10.1. The molecule has 2 aromatic rings. The zero-order chi connectivity index (χ0) is 26.9. The summed E-state index contributed by atoms with van der Waals surface area (Å²) in [5.74, 6) is -0.358. The highest BCUT2D eigenvalue weighted by molar-refractivity contribution is 5.76. The molecule has 2 aliphatic heterocycles. The lowest BCUT2D eigenvalue weighted by Crippen LogP contribution is -2.42. The van der Waals surface area contributed by atoms with Crippen molar-refractivity contribution in [2.45, 2.75) is 57.7 Å². The van der Waals surface area contributed by atoms with Crippen molar-refractivity contribution in [1.82, 2.24) is 4.90 Å². The number of carbonyl (C=O) groups is 1. The van der Waals surface area contributed by atoms with Gasteiger partial charge in [-0.1, -0.05) is 0 Å². The molecular weight excluding hydrogens is 494 g/mol. The number of nitrogens with zero attached hydrogens (tertiary/aromatic N) is 1. The molecule has 0 radical (unpaired) electrons. The molecule has 12 heteroatoms. The van der Waals surface area contributed by atoms with Crippen molar-refractivity contribution in [2.24, 2.45) is 0 Å². The molecule has 2 aromatic carbocycles. The number of ether oxygens (including phenoxy) is 2. The predicted molar refractivity (Wildman–Crippen MR) is 119 cm³/mol. The molecule has 0 atom stereocenters. The van der Waals surface area contributed by atoms with Gasteiger partial charge in [-0.05, 0) is 70.0 Å². The van der Waals surface area contributed by atoms with E-state index in [0.717, 1.165) is 24.3 Å². The number of piperidine rings is 1. The minimum atomic E-state index is -4.56. The second-order valence-corrected chi connectivity index (χ2v) is 9.34. The first kappa shape index (κ1) is 27.4. The number of aliphatic hydroxyl groups excluding tert-OH is 1. The van der Waals surface area contributed by atoms with Crippen LogP contribution in [0.25, 0.3) is 0 Å². The number of hydrogen-bond acceptors (Lipinski definition) is 5. The van der Waals surface area contributed by atoms with E-state index in [0.29, 0.717) is 25.9 Å². The van der Waals surface area contributed by atoms with Gasteiger partial charge in [-0.2, -0.15) is 26.3 Å². The zero-order valence-electron chi connectivity index (χ0n) is 19.8. The van der Waals surface area contributed by atoms with E-state index in [1.807, 2.05) is 20.8 Å². The molecule has 0 aromatic heterocycles. The molecule has 2 N–H and O–H groups in total. The van der Waals surface area contributed by atoms with Crippen molar-refractivity contribution in [3.63, 3.8) is 0 Å². The van der Waals surface area contributed by atoms with Crippen LogP contribution in [0.2, 0.25) is 0 Å². The highest BCUT2D eigenvalue weighted by Crippen LogP contribution is 2.46. The topological polar surface area (TPSA) is 71.0 Å². The quantitative estimate of drug-likeness (QED) is 0.314. The number of likely N-dealkylation sites (tertiary alicyclic amines) is 1. The number of alkyl halides is 6. The third-order valence-corrected chi connectivity index (χ3v) is 5.22. The van der Waals surface area contributed by atoms with E-state index in [9.17, 15) is 36.2 Å². The monoisotopic (exact) mass is 520 g/mol. The Morgan fingerprint density at radius 1 is 0.917 bits per heavy atom. The smallest absolute Gasteiger partial charge is 0.416 e. The average Bonchev–Trinajstić information content (AvgIpc) is 2.75. The van der Waals surface area contributed by atoms with E-state index in [4.69, 9.17) is 9.47 Å². The van der Waals surface area contributed by atoms with Crippen molar-refractivity contribution >= 4 is 17.5 Å². The van der Waals surface area contributed by atoms with Crippen LogP contribution in [-0.4, -0.2) is 40.9 Å². The van der Waals surface area contributed by atoms with Gasteiger partial charge in [0.2, 0.25) is 0 Å². The maximum Gasteiger partial charge on any atom is 0.416 e. The van der Waals surface area contributed by atoms with Crippen LogP contribution in [0.5, 0.6) is 11.5 Å². The Morgan fingerprint density at radius 2 is 1.36 bits per heavy atom. The van der Waals surface area contributed by atoms with Crippen molar-refractivity contribution in [1.29, 1.82) is 0 Å². The first-order valence-corrected chi connectivity index (χ1v) is 11.1. The Bertz CT molecular complexity index is 1030. The van der Waals surface area contributed by atoms with E-state index in [1.54, 1.807) is 4.90 Å². The summed E-state index contributed by atoms with van der Waals surface area (Å²) in [5, 5.41) is 12.0. The molecule has 198 valence electrons. The van der Waals surface area contributed by atoms with Gasteiger partial charge in [-0.15, -0.1) is 0 Å². The standard InChI is InChI=1S/C14H7F6NO.C10H19NO3/c15-13(16,17)7-1-3-9-11(5-7)22-12-6-8(14(18,19)20)2-4-10(12)21-9;1-10(2,3)14-9(13)11-6-4-8(12)5-7-11/h1-6,21H;8,12H,4-7H2,1-3H3. The fraction of sp³-hybridized carbons (Fsp3) is 0.458. The molecule has 0 saturated carbocycles. The van der Waals surface area contributed by atoms with Crippen LogP contribution in [0.4, 0.5) is 42.5 Å². The summed E-state index contributed by atoms with van der Waals surface area (Å²) in [6.45, 7) is 6.74. The van der Waals surface area contributed by atoms with Gasteiger partial charge >= 0.3 is 18.4 Å². The Labute approximate surface area is 203 Å². The molecule has 1 saturated heterocycles. The first-order valence-electron chi connectivity index (χ1n) is 11.1. The van der Waals surface area contributed by atoms with Crippen molar-refractivity contribution in [3.05, 3.63) is 47.5 Å². The summed E-state index contributed by atoms with van der Waals surface area (Å²) in [4.78, 5) is 13.2. The van der Waals surface area contributed by atoms with Gasteiger partial charge in [-0.3, -0.25) is 0 Å². The lowest BCUT2D eigenvalue weighted by Gasteiger charge is -2.31. The summed E-state index contributed by atoms with van der Waals surface area (Å²) in [6, 6.07) is 5.54. The van der Waals surface area contributed by atoms with E-state index in [2.05, 4.69) is 5.32 Å². The molecule has 0 spiro atoms. The number of nitrogens with one attached hydrogen (secondary N) is 1. The molecule has 1 fully saturated rings. The molecular formula is C24H26F6N2O4. The minimum absolute atomic E-state index is 0.179. The largest absolute Gasteiger partial charge is 0.453 e. The average molecular weight is 520 g/mol. The Kier molecular flexibility index (Phi) is 7.68. The van der Waals surface area contributed by atoms with Crippen LogP contribution >= 0.6 is 0 Å². The van der Waals surface area contributed by atoms with Gasteiger partial charge in [0.25, 0.3) is 0 Å². The Balaban J connectivity index is 0.000000223. The van der Waals surface area contributed by atoms with E-state index < -0.39 is 29.1 Å². The maximum absolute atomic E-state index is 12.6. The van der Waals surface area contributed by atoms with Crippen LogP contribution in [0.15, 0.2) is 36.4 Å². The molecule has 6 nitrogen and oxygen atoms in total. The minimum Gasteiger partial charge on any atom is -0.453 e. The Morgan fingerprint density at radius 3 is 1.75 bits per heavy atom. The molecule has 0 bridgehead atoms. The van der Waals surface area contributed by atoms with Crippen LogP contribution in [-0.2, 0) is 17.1 Å². The van der Waals surface area contributed by atoms with Crippen molar-refractivity contribution < 1.29 is 45.7 Å². The van der Waals surface area contributed by atoms with Crippen molar-refractivity contribution in [2.75, 3.05) is 18.4 Å². The SMILES string of the molecule is CC(C)(C)OC(=O)N1CCC(O)CC1.FC(F)(F)c1ccc2c(c1)Oc1cc(C(F)(F)F)ccc1N2. The van der Waals surface area contributed by atoms with Gasteiger partial charge in [0.15, 0.2) is 11.5 Å². The molecule has 36 heavy (non-hydrogen) atoms. The number of aliphatic hydroxyl groups is 1. The van der Waals surface area contributed by atoms with Crippen LogP contribution in [0.1, 0.15) is 44.7 Å². The first-order chi connectivity index (χ1) is 16.5. The lowest BCUT2D eigenvalue weighted by molar-refractivity contribution is -0.138. The van der Waals surface area contributed by atoms with Gasteiger partial charge in [0.05, 0.1) is 28.6 Å². The van der Waals surface area contributed by atoms with Crippen LogP contribution in [0, 0.1) is 0 Å². The molecule has 0 unspecified atom stereocenters. The fourth-order valence-corrected chi connectivity index (χ4v) is 3.41. The van der Waals surface area contributed by atoms with Crippen molar-refractivity contribution in [3.8, 4) is 11.5 Å². The maximum atomic E-state index is 12.6. The highest BCUT2D eigenvalue weighted by atomic mass is 19.4. The number of anilines is 2. The van der Waals surface area contributed by atoms with E-state index >= 15 is 0 Å². The molecule has 2 heterocycles. The van der Waals surface area contributed by atoms with E-state index in [-0.39, 0.29) is 35.1 Å². The molecule has 1 amide bonds. The van der Waals surface area contributed by atoms with E-state index in [1.165, 1.54) is 12.1 Å². The number of fused-ring (bicyclic) bond motifs is 2. The van der Waals surface area contributed by atoms with Gasteiger partial charge in [0.1, 0.15) is 5.60 Å². The molecule has 0 aliphatic carbocycles.